The van der Waals surface area contributed by atoms with Crippen LogP contribution in [0.15, 0.2) is 16.7 Å². The number of hydrogen-bond acceptors (Lipinski definition) is 2. The van der Waals surface area contributed by atoms with Crippen LogP contribution in [0.5, 0.6) is 0 Å². The Balaban J connectivity index is 1.56. The summed E-state index contributed by atoms with van der Waals surface area (Å²) in [7, 11) is 0. The molecular weight excluding hydrogens is 306 g/mol. The molecule has 0 atom stereocenters. The zero-order valence-corrected chi connectivity index (χ0v) is 12.7. The first-order valence-corrected chi connectivity index (χ1v) is 7.90. The number of amides is 1. The lowest BCUT2D eigenvalue weighted by molar-refractivity contribution is 0.0639. The first-order valence-electron chi connectivity index (χ1n) is 7.11. The van der Waals surface area contributed by atoms with Crippen LogP contribution in [0.2, 0.25) is 0 Å². The molecule has 1 N–H and O–H groups in total. The van der Waals surface area contributed by atoms with Crippen molar-refractivity contribution >= 4 is 21.8 Å². The van der Waals surface area contributed by atoms with Gasteiger partial charge in [0.1, 0.15) is 5.69 Å². The summed E-state index contributed by atoms with van der Waals surface area (Å²) in [4.78, 5) is 19.9. The molecule has 0 unspecified atom stereocenters. The van der Waals surface area contributed by atoms with Crippen LogP contribution >= 0.6 is 15.9 Å². The molecule has 3 rings (SSSR count). The number of carbonyl (C=O) groups is 1. The molecule has 0 aliphatic carbocycles. The number of nitrogens with zero attached hydrogens (tertiary/aromatic N) is 2. The second-order valence-corrected chi connectivity index (χ2v) is 6.41. The van der Waals surface area contributed by atoms with Gasteiger partial charge in [-0.15, -0.1) is 0 Å². The monoisotopic (exact) mass is 325 g/mol. The number of aromatic nitrogens is 1. The topological polar surface area (TPSA) is 39.3 Å². The van der Waals surface area contributed by atoms with Gasteiger partial charge in [0.05, 0.1) is 0 Å². The van der Waals surface area contributed by atoms with Gasteiger partial charge in [0.15, 0.2) is 0 Å². The maximum absolute atomic E-state index is 12.3. The van der Waals surface area contributed by atoms with E-state index in [2.05, 4.69) is 25.8 Å². The maximum atomic E-state index is 12.3. The SMILES string of the molecule is O=C(c1cc(Br)c[nH]1)N1CCC(N2CCCC2)CC1. The minimum atomic E-state index is 0.130. The minimum absolute atomic E-state index is 0.130. The van der Waals surface area contributed by atoms with Crippen LogP contribution in [0.1, 0.15) is 36.2 Å². The molecule has 2 aliphatic rings. The highest BCUT2D eigenvalue weighted by Crippen LogP contribution is 2.22. The molecule has 0 aromatic carbocycles. The molecule has 104 valence electrons. The number of rotatable bonds is 2. The Bertz CT molecular complexity index is 445. The first kappa shape index (κ1) is 13.2. The molecule has 4 nitrogen and oxygen atoms in total. The van der Waals surface area contributed by atoms with Crippen LogP contribution in [0, 0.1) is 0 Å². The number of nitrogens with one attached hydrogen (secondary N) is 1. The van der Waals surface area contributed by atoms with Crippen molar-refractivity contribution in [2.24, 2.45) is 0 Å². The Hall–Kier alpha value is -0.810. The van der Waals surface area contributed by atoms with Crippen molar-refractivity contribution in [3.63, 3.8) is 0 Å². The standard InChI is InChI=1S/C14H20BrN3O/c15-11-9-13(16-10-11)14(19)18-7-3-12(4-8-18)17-5-1-2-6-17/h9-10,12,16H,1-8H2. The smallest absolute Gasteiger partial charge is 0.270 e. The zero-order valence-electron chi connectivity index (χ0n) is 11.1. The average Bonchev–Trinajstić information content (AvgIpc) is 3.09. The van der Waals surface area contributed by atoms with E-state index < -0.39 is 0 Å². The Morgan fingerprint density at radius 2 is 1.89 bits per heavy atom. The summed E-state index contributed by atoms with van der Waals surface area (Å²) in [6, 6.07) is 2.55. The van der Waals surface area contributed by atoms with Gasteiger partial charge < -0.3 is 14.8 Å². The van der Waals surface area contributed by atoms with Crippen molar-refractivity contribution in [1.82, 2.24) is 14.8 Å². The summed E-state index contributed by atoms with van der Waals surface area (Å²) < 4.78 is 0.933. The van der Waals surface area contributed by atoms with Crippen LogP contribution in [0.25, 0.3) is 0 Å². The second kappa shape index (κ2) is 5.67. The number of aromatic amines is 1. The van der Waals surface area contributed by atoms with Gasteiger partial charge in [-0.25, -0.2) is 0 Å². The van der Waals surface area contributed by atoms with Gasteiger partial charge in [-0.1, -0.05) is 0 Å². The molecule has 19 heavy (non-hydrogen) atoms. The summed E-state index contributed by atoms with van der Waals surface area (Å²) in [6.45, 7) is 4.28. The molecule has 1 amide bonds. The van der Waals surface area contributed by atoms with Crippen LogP contribution in [-0.4, -0.2) is 52.9 Å². The zero-order chi connectivity index (χ0) is 13.2. The Morgan fingerprint density at radius 1 is 1.21 bits per heavy atom. The number of H-pyrrole nitrogens is 1. The van der Waals surface area contributed by atoms with Crippen LogP contribution in [0.4, 0.5) is 0 Å². The Labute approximate surface area is 122 Å². The molecular formula is C14H20BrN3O. The van der Waals surface area contributed by atoms with Gasteiger partial charge in [0, 0.05) is 29.8 Å². The molecule has 0 bridgehead atoms. The third-order valence-corrected chi connectivity index (χ3v) is 4.74. The van der Waals surface area contributed by atoms with E-state index in [1.54, 1.807) is 0 Å². The third-order valence-electron chi connectivity index (χ3n) is 4.29. The molecule has 0 saturated carbocycles. The molecule has 0 radical (unpaired) electrons. The molecule has 0 spiro atoms. The highest BCUT2D eigenvalue weighted by molar-refractivity contribution is 9.10. The highest BCUT2D eigenvalue weighted by Gasteiger charge is 2.28. The lowest BCUT2D eigenvalue weighted by Gasteiger charge is -2.36. The van der Waals surface area contributed by atoms with E-state index in [0.29, 0.717) is 11.7 Å². The largest absolute Gasteiger partial charge is 0.356 e. The molecule has 2 saturated heterocycles. The molecule has 2 fully saturated rings. The van der Waals surface area contributed by atoms with Gasteiger partial charge in [-0.05, 0) is 60.8 Å². The van der Waals surface area contributed by atoms with Crippen molar-refractivity contribution in [2.75, 3.05) is 26.2 Å². The normalized spacial score (nSPS) is 22.1. The van der Waals surface area contributed by atoms with E-state index in [1.165, 1.54) is 25.9 Å². The van der Waals surface area contributed by atoms with Gasteiger partial charge in [0.25, 0.3) is 5.91 Å². The molecule has 2 aliphatic heterocycles. The van der Waals surface area contributed by atoms with Crippen molar-refractivity contribution < 1.29 is 4.79 Å². The van der Waals surface area contributed by atoms with Gasteiger partial charge >= 0.3 is 0 Å². The molecule has 5 heteroatoms. The maximum Gasteiger partial charge on any atom is 0.270 e. The number of likely N-dealkylation sites (tertiary alicyclic amines) is 2. The van der Waals surface area contributed by atoms with Crippen molar-refractivity contribution in [1.29, 1.82) is 0 Å². The van der Waals surface area contributed by atoms with E-state index in [9.17, 15) is 4.79 Å². The predicted octanol–water partition coefficient (Wildman–Crippen LogP) is 2.48. The number of hydrogen-bond donors (Lipinski definition) is 1. The Morgan fingerprint density at radius 3 is 2.47 bits per heavy atom. The van der Waals surface area contributed by atoms with Gasteiger partial charge in [-0.2, -0.15) is 0 Å². The lowest BCUT2D eigenvalue weighted by atomic mass is 10.0. The van der Waals surface area contributed by atoms with Crippen molar-refractivity contribution in [3.8, 4) is 0 Å². The summed E-state index contributed by atoms with van der Waals surface area (Å²) in [5.74, 6) is 0.130. The average molecular weight is 326 g/mol. The molecule has 1 aromatic rings. The summed E-state index contributed by atoms with van der Waals surface area (Å²) in [6.07, 6.45) is 6.73. The second-order valence-electron chi connectivity index (χ2n) is 5.50. The lowest BCUT2D eigenvalue weighted by Crippen LogP contribution is -2.46. The van der Waals surface area contributed by atoms with E-state index in [1.807, 2.05) is 17.2 Å². The summed E-state index contributed by atoms with van der Waals surface area (Å²) in [5.41, 5.74) is 0.687. The summed E-state index contributed by atoms with van der Waals surface area (Å²) >= 11 is 3.37. The van der Waals surface area contributed by atoms with Crippen LogP contribution in [-0.2, 0) is 0 Å². The van der Waals surface area contributed by atoms with Crippen LogP contribution < -0.4 is 0 Å². The van der Waals surface area contributed by atoms with E-state index in [4.69, 9.17) is 0 Å². The fourth-order valence-corrected chi connectivity index (χ4v) is 3.55. The van der Waals surface area contributed by atoms with Gasteiger partial charge in [-0.3, -0.25) is 4.79 Å². The predicted molar refractivity (Wildman–Crippen MR) is 78.2 cm³/mol. The van der Waals surface area contributed by atoms with Crippen molar-refractivity contribution in [3.05, 3.63) is 22.4 Å². The first-order chi connectivity index (χ1) is 9.24. The number of carbonyl (C=O) groups excluding carboxylic acids is 1. The number of piperidine rings is 1. The fraction of sp³-hybridized carbons (Fsp3) is 0.643. The minimum Gasteiger partial charge on any atom is -0.356 e. The van der Waals surface area contributed by atoms with Crippen LogP contribution in [0.3, 0.4) is 0 Å². The van der Waals surface area contributed by atoms with Gasteiger partial charge in [0.2, 0.25) is 0 Å². The Kier molecular flexibility index (Phi) is 3.93. The summed E-state index contributed by atoms with van der Waals surface area (Å²) in [5, 5.41) is 0. The number of halogens is 1. The highest BCUT2D eigenvalue weighted by atomic mass is 79.9. The molecule has 1 aromatic heterocycles. The van der Waals surface area contributed by atoms with E-state index >= 15 is 0 Å². The fourth-order valence-electron chi connectivity index (χ4n) is 3.20. The van der Waals surface area contributed by atoms with E-state index in [0.717, 1.165) is 30.4 Å². The molecule has 3 heterocycles. The van der Waals surface area contributed by atoms with Crippen molar-refractivity contribution in [2.45, 2.75) is 31.7 Å². The third kappa shape index (κ3) is 2.87. The quantitative estimate of drug-likeness (QED) is 0.907. The van der Waals surface area contributed by atoms with E-state index in [-0.39, 0.29) is 5.91 Å².